The van der Waals surface area contributed by atoms with Gasteiger partial charge in [0.05, 0.1) is 37.3 Å². The molecule has 5 nitrogen and oxygen atoms in total. The normalized spacial score (nSPS) is 24.4. The maximum Gasteiger partial charge on any atom is 0.127 e. The summed E-state index contributed by atoms with van der Waals surface area (Å²) in [5, 5.41) is 2.38. The van der Waals surface area contributed by atoms with Gasteiger partial charge < -0.3 is 24.0 Å². The molecule has 3 aliphatic heterocycles. The number of hydrogen-bond acceptors (Lipinski definition) is 5. The maximum atomic E-state index is 6.54. The molecule has 5 heteroatoms. The van der Waals surface area contributed by atoms with Gasteiger partial charge in [-0.2, -0.15) is 0 Å². The van der Waals surface area contributed by atoms with Gasteiger partial charge in [-0.15, -0.1) is 0 Å². The third-order valence-electron chi connectivity index (χ3n) is 7.65. The number of allylic oxidation sites excluding steroid dienone is 2. The third kappa shape index (κ3) is 5.38. The Morgan fingerprint density at radius 3 is 2.59 bits per heavy atom. The Morgan fingerprint density at radius 1 is 1.22 bits per heavy atom. The van der Waals surface area contributed by atoms with Crippen LogP contribution in [0.4, 0.5) is 0 Å². The molecule has 0 saturated carbocycles. The van der Waals surface area contributed by atoms with Gasteiger partial charge in [-0.05, 0) is 43.4 Å². The second kappa shape index (κ2) is 10.8. The van der Waals surface area contributed by atoms with Gasteiger partial charge in [-0.25, -0.2) is 0 Å². The molecule has 2 fully saturated rings. The fraction of sp³-hybridized carbons (Fsp3) is 0.500. The average molecular weight is 505 g/mol. The molecule has 0 N–H and O–H groups in total. The van der Waals surface area contributed by atoms with Gasteiger partial charge in [0.1, 0.15) is 17.6 Å². The lowest BCUT2D eigenvalue weighted by Gasteiger charge is -2.50. The molecule has 0 amide bonds. The topological polar surface area (TPSA) is 34.2 Å². The maximum absolute atomic E-state index is 6.54. The molecular weight excluding hydrogens is 460 g/mol. The first-order chi connectivity index (χ1) is 17.6. The number of nitrogens with zero attached hydrogens (tertiary/aromatic N) is 2. The molecular formula is C32H44N2O3. The highest BCUT2D eigenvalue weighted by Crippen LogP contribution is 2.41. The van der Waals surface area contributed by atoms with E-state index in [9.17, 15) is 0 Å². The molecule has 1 aromatic rings. The van der Waals surface area contributed by atoms with E-state index in [1.165, 1.54) is 21.7 Å². The predicted molar refractivity (Wildman–Crippen MR) is 152 cm³/mol. The lowest BCUT2D eigenvalue weighted by molar-refractivity contribution is 0.128. The summed E-state index contributed by atoms with van der Waals surface area (Å²) in [7, 11) is 2.21. The number of fused-ring (bicyclic) bond motifs is 1. The largest absolute Gasteiger partial charge is 0.494 e. The summed E-state index contributed by atoms with van der Waals surface area (Å²) in [6, 6.07) is 6.72. The van der Waals surface area contributed by atoms with Crippen LogP contribution in [0, 0.1) is 5.41 Å². The number of hydrogen-bond donors (Lipinski definition) is 0. The van der Waals surface area contributed by atoms with Gasteiger partial charge in [0, 0.05) is 42.2 Å². The number of piperazine rings is 1. The van der Waals surface area contributed by atoms with E-state index in [2.05, 4.69) is 95.1 Å². The molecule has 2 unspecified atom stereocenters. The molecule has 0 bridgehead atoms. The SMILES string of the molecule is C=C1C=C2/C(=c3\cccc(OC4CCOC4)c3=C(C)CC)N(C)CC(C(C)(C)C)N2C=C1C(=C)OCC. The first kappa shape index (κ1) is 27.1. The lowest BCUT2D eigenvalue weighted by atomic mass is 9.82. The molecule has 0 radical (unpaired) electrons. The zero-order valence-electron chi connectivity index (χ0n) is 23.8. The first-order valence-corrected chi connectivity index (χ1v) is 13.6. The van der Waals surface area contributed by atoms with Crippen LogP contribution in [0.2, 0.25) is 0 Å². The van der Waals surface area contributed by atoms with Crippen molar-refractivity contribution in [1.82, 2.24) is 9.80 Å². The second-order valence-electron chi connectivity index (χ2n) is 11.4. The van der Waals surface area contributed by atoms with Crippen LogP contribution in [-0.2, 0) is 9.47 Å². The summed E-state index contributed by atoms with van der Waals surface area (Å²) in [5.41, 5.74) is 5.57. The van der Waals surface area contributed by atoms with Crippen LogP contribution in [0.25, 0.3) is 11.3 Å². The van der Waals surface area contributed by atoms with Gasteiger partial charge >= 0.3 is 0 Å². The molecule has 0 spiro atoms. The fourth-order valence-corrected chi connectivity index (χ4v) is 5.46. The van der Waals surface area contributed by atoms with Crippen molar-refractivity contribution < 1.29 is 14.2 Å². The summed E-state index contributed by atoms with van der Waals surface area (Å²) in [6.45, 7) is 24.8. The highest BCUT2D eigenvalue weighted by molar-refractivity contribution is 5.70. The van der Waals surface area contributed by atoms with E-state index in [4.69, 9.17) is 14.2 Å². The molecule has 2 saturated heterocycles. The van der Waals surface area contributed by atoms with Crippen LogP contribution in [0.3, 0.4) is 0 Å². The van der Waals surface area contributed by atoms with E-state index >= 15 is 0 Å². The van der Waals surface area contributed by atoms with Crippen molar-refractivity contribution in [2.24, 2.45) is 5.41 Å². The second-order valence-corrected chi connectivity index (χ2v) is 11.4. The van der Waals surface area contributed by atoms with E-state index in [-0.39, 0.29) is 17.6 Å². The molecule has 3 aliphatic rings. The Hall–Kier alpha value is -2.92. The summed E-state index contributed by atoms with van der Waals surface area (Å²) < 4.78 is 17.9. The Morgan fingerprint density at radius 2 is 1.97 bits per heavy atom. The highest BCUT2D eigenvalue weighted by atomic mass is 16.5. The van der Waals surface area contributed by atoms with E-state index in [0.29, 0.717) is 19.0 Å². The number of ether oxygens (including phenoxy) is 3. The number of rotatable bonds is 6. The summed E-state index contributed by atoms with van der Waals surface area (Å²) in [5.74, 6) is 1.61. The minimum Gasteiger partial charge on any atom is -0.494 e. The van der Waals surface area contributed by atoms with Gasteiger partial charge in [0.25, 0.3) is 0 Å². The van der Waals surface area contributed by atoms with E-state index in [1.807, 2.05) is 6.92 Å². The average Bonchev–Trinajstić information content (AvgIpc) is 3.35. The van der Waals surface area contributed by atoms with Gasteiger partial charge in [0.15, 0.2) is 0 Å². The zero-order valence-corrected chi connectivity index (χ0v) is 23.8. The summed E-state index contributed by atoms with van der Waals surface area (Å²) >= 11 is 0. The Balaban J connectivity index is 1.96. The predicted octanol–water partition coefficient (Wildman–Crippen LogP) is 5.09. The van der Waals surface area contributed by atoms with Gasteiger partial charge in [0.2, 0.25) is 0 Å². The van der Waals surface area contributed by atoms with Crippen molar-refractivity contribution in [3.8, 4) is 5.75 Å². The van der Waals surface area contributed by atoms with Crippen LogP contribution < -0.4 is 15.2 Å². The standard InChI is InChI=1S/C32H44N2O3/c1-10-21(3)30-25(13-12-14-28(30)37-24-15-16-35-20-24)31-27-17-22(4)26(23(5)36-11-2)18-34(27)29(19-33(31)9)32(6,7)8/h12-14,17-18,24,29H,4-5,10-11,15-16,19-20H2,1-3,6-9H3/b30-21?,31-25-. The van der Waals surface area contributed by atoms with Gasteiger partial charge in [-0.3, -0.25) is 0 Å². The fourth-order valence-electron chi connectivity index (χ4n) is 5.46. The minimum absolute atomic E-state index is 0.0494. The van der Waals surface area contributed by atoms with Crippen LogP contribution in [0.5, 0.6) is 5.75 Å². The smallest absolute Gasteiger partial charge is 0.127 e. The molecule has 2 atom stereocenters. The monoisotopic (exact) mass is 504 g/mol. The zero-order chi connectivity index (χ0) is 26.9. The summed E-state index contributed by atoms with van der Waals surface area (Å²) in [4.78, 5) is 4.83. The van der Waals surface area contributed by atoms with Crippen LogP contribution in [0.15, 0.2) is 66.2 Å². The third-order valence-corrected chi connectivity index (χ3v) is 7.65. The van der Waals surface area contributed by atoms with Crippen molar-refractivity contribution in [1.29, 1.82) is 0 Å². The van der Waals surface area contributed by atoms with Crippen molar-refractivity contribution in [3.05, 3.63) is 76.7 Å². The minimum atomic E-state index is 0.0494. The quantitative estimate of drug-likeness (QED) is 0.504. The van der Waals surface area contributed by atoms with Crippen LogP contribution in [0.1, 0.15) is 54.4 Å². The van der Waals surface area contributed by atoms with Crippen molar-refractivity contribution >= 4 is 11.3 Å². The summed E-state index contributed by atoms with van der Waals surface area (Å²) in [6.07, 6.45) is 6.37. The van der Waals surface area contributed by atoms with Crippen LogP contribution in [-0.4, -0.2) is 55.4 Å². The number of benzene rings is 1. The van der Waals surface area contributed by atoms with Crippen molar-refractivity contribution in [2.45, 2.75) is 66.5 Å². The molecule has 0 aliphatic carbocycles. The van der Waals surface area contributed by atoms with Crippen molar-refractivity contribution in [3.63, 3.8) is 0 Å². The molecule has 0 aromatic heterocycles. The molecule has 4 rings (SSSR count). The van der Waals surface area contributed by atoms with Crippen LogP contribution >= 0.6 is 0 Å². The van der Waals surface area contributed by atoms with E-state index < -0.39 is 0 Å². The molecule has 200 valence electrons. The van der Waals surface area contributed by atoms with E-state index in [1.54, 1.807) is 0 Å². The Kier molecular flexibility index (Phi) is 7.94. The highest BCUT2D eigenvalue weighted by Gasteiger charge is 2.40. The Labute approximate surface area is 223 Å². The first-order valence-electron chi connectivity index (χ1n) is 13.6. The van der Waals surface area contributed by atoms with Crippen molar-refractivity contribution in [2.75, 3.05) is 33.4 Å². The Bertz CT molecular complexity index is 1240. The number of likely N-dealkylation sites (N-methyl/N-ethyl adjacent to an activating group) is 1. The molecule has 37 heavy (non-hydrogen) atoms. The lowest BCUT2D eigenvalue weighted by Crippen LogP contribution is -2.55. The van der Waals surface area contributed by atoms with Gasteiger partial charge in [-0.1, -0.05) is 58.6 Å². The van der Waals surface area contributed by atoms with E-state index in [0.717, 1.165) is 48.6 Å². The molecule has 1 aromatic carbocycles. The molecule has 3 heterocycles.